The molecule has 0 bridgehead atoms. The third-order valence-electron chi connectivity index (χ3n) is 4.88. The van der Waals surface area contributed by atoms with Gasteiger partial charge in [-0.3, -0.25) is 4.90 Å². The van der Waals surface area contributed by atoms with Crippen LogP contribution in [-0.4, -0.2) is 41.9 Å². The van der Waals surface area contributed by atoms with E-state index in [1.54, 1.807) is 5.51 Å². The van der Waals surface area contributed by atoms with Crippen LogP contribution in [-0.2, 0) is 16.6 Å². The Morgan fingerprint density at radius 2 is 1.59 bits per heavy atom. The molecule has 0 saturated carbocycles. The quantitative estimate of drug-likeness (QED) is 0.571. The second-order valence-electron chi connectivity index (χ2n) is 6.78. The van der Waals surface area contributed by atoms with Crippen LogP contribution in [0.15, 0.2) is 54.0 Å². The zero-order valence-electron chi connectivity index (χ0n) is 15.2. The second kappa shape index (κ2) is 8.67. The summed E-state index contributed by atoms with van der Waals surface area (Å²) in [6.45, 7) is 1.03. The molecule has 1 aliphatic rings. The average Bonchev–Trinajstić information content (AvgIpc) is 3.18. The van der Waals surface area contributed by atoms with Crippen molar-refractivity contribution in [2.45, 2.75) is 17.8 Å². The maximum Gasteiger partial charge on any atom is 0.217 e. The highest BCUT2D eigenvalue weighted by atomic mass is 35.5. The number of nitrogens with zero attached hydrogens (tertiary/aromatic N) is 3. The number of hydrogen-bond acceptors (Lipinski definition) is 6. The number of rotatable bonds is 7. The molecular weight excluding hydrogens is 451 g/mol. The molecule has 1 fully saturated rings. The summed E-state index contributed by atoms with van der Waals surface area (Å²) in [5.74, 6) is 0. The molecule has 0 unspecified atom stereocenters. The maximum atomic E-state index is 12.6. The molecule has 0 spiro atoms. The van der Waals surface area contributed by atoms with E-state index in [1.165, 1.54) is 11.3 Å². The molecular formula is C19H18Cl2N4O2S2. The van der Waals surface area contributed by atoms with Crippen LogP contribution in [0.1, 0.15) is 22.2 Å². The van der Waals surface area contributed by atoms with Gasteiger partial charge in [-0.25, -0.2) is 13.1 Å². The Balaban J connectivity index is 1.49. The minimum absolute atomic E-state index is 0.0702. The Hall–Kier alpha value is -1.55. The van der Waals surface area contributed by atoms with Crippen molar-refractivity contribution in [3.63, 3.8) is 0 Å². The van der Waals surface area contributed by atoms with Crippen LogP contribution in [0.3, 0.4) is 0 Å². The Morgan fingerprint density at radius 1 is 1.03 bits per heavy atom. The summed E-state index contributed by atoms with van der Waals surface area (Å²) in [5, 5.41) is 9.08. The normalized spacial score (nSPS) is 15.6. The van der Waals surface area contributed by atoms with Crippen LogP contribution in [0.5, 0.6) is 0 Å². The van der Waals surface area contributed by atoms with Gasteiger partial charge in [0.25, 0.3) is 0 Å². The number of likely N-dealkylation sites (tertiary alicyclic amines) is 1. The third kappa shape index (κ3) is 4.79. The molecule has 1 saturated heterocycles. The van der Waals surface area contributed by atoms with Gasteiger partial charge in [-0.05, 0) is 35.4 Å². The lowest BCUT2D eigenvalue weighted by Crippen LogP contribution is -2.58. The molecule has 1 aromatic heterocycles. The molecule has 1 aliphatic heterocycles. The van der Waals surface area contributed by atoms with Crippen molar-refractivity contribution in [2.24, 2.45) is 0 Å². The molecule has 3 aromatic rings. The largest absolute Gasteiger partial charge is 0.290 e. The van der Waals surface area contributed by atoms with E-state index >= 15 is 0 Å². The first kappa shape index (κ1) is 20.7. The topological polar surface area (TPSA) is 75.2 Å². The summed E-state index contributed by atoms with van der Waals surface area (Å²) in [7, 11) is -3.44. The zero-order chi connectivity index (χ0) is 20.4. The molecule has 2 heterocycles. The Morgan fingerprint density at radius 3 is 2.07 bits per heavy atom. The molecule has 0 aliphatic carbocycles. The van der Waals surface area contributed by atoms with Crippen molar-refractivity contribution in [1.82, 2.24) is 19.8 Å². The van der Waals surface area contributed by atoms with Gasteiger partial charge in [-0.15, -0.1) is 21.5 Å². The Kier molecular flexibility index (Phi) is 6.19. The molecule has 0 radical (unpaired) electrons. The van der Waals surface area contributed by atoms with E-state index in [0.717, 1.165) is 11.1 Å². The number of benzene rings is 2. The molecule has 0 amide bonds. The van der Waals surface area contributed by atoms with Crippen LogP contribution in [0.2, 0.25) is 10.0 Å². The summed E-state index contributed by atoms with van der Waals surface area (Å²) in [5.41, 5.74) is 3.68. The van der Waals surface area contributed by atoms with E-state index in [1.807, 2.05) is 48.5 Å². The number of aromatic nitrogens is 2. The monoisotopic (exact) mass is 468 g/mol. The molecule has 29 heavy (non-hydrogen) atoms. The van der Waals surface area contributed by atoms with Crippen molar-refractivity contribution in [2.75, 3.05) is 13.1 Å². The van der Waals surface area contributed by atoms with Gasteiger partial charge in [0.15, 0.2) is 0 Å². The van der Waals surface area contributed by atoms with Crippen molar-refractivity contribution in [1.29, 1.82) is 0 Å². The molecule has 0 atom stereocenters. The van der Waals surface area contributed by atoms with Gasteiger partial charge in [0.05, 0.1) is 12.6 Å². The first-order valence-corrected chi connectivity index (χ1v) is 12.1. The predicted octanol–water partition coefficient (Wildman–Crippen LogP) is 3.74. The lowest BCUT2D eigenvalue weighted by atomic mass is 9.94. The van der Waals surface area contributed by atoms with Crippen LogP contribution in [0.25, 0.3) is 0 Å². The third-order valence-corrected chi connectivity index (χ3v) is 7.81. The fourth-order valence-electron chi connectivity index (χ4n) is 3.33. The van der Waals surface area contributed by atoms with E-state index in [9.17, 15) is 8.42 Å². The summed E-state index contributed by atoms with van der Waals surface area (Å²) in [4.78, 5) is 2.14. The van der Waals surface area contributed by atoms with Gasteiger partial charge in [0.2, 0.25) is 10.0 Å². The number of sulfonamides is 1. The highest BCUT2D eigenvalue weighted by Gasteiger charge is 2.41. The Labute approximate surface area is 183 Å². The van der Waals surface area contributed by atoms with Crippen molar-refractivity contribution < 1.29 is 8.42 Å². The number of hydrogen-bond donors (Lipinski definition) is 1. The van der Waals surface area contributed by atoms with Crippen molar-refractivity contribution in [3.8, 4) is 0 Å². The van der Waals surface area contributed by atoms with Gasteiger partial charge in [-0.1, -0.05) is 47.5 Å². The minimum Gasteiger partial charge on any atom is -0.290 e. The molecule has 6 nitrogen and oxygen atoms in total. The standard InChI is InChI=1S/C19H18Cl2N4O2S2/c20-15-5-1-13(2-6-15)19(14-3-7-16(21)8-4-14)25-10-17(11-25)29(26,27)23-9-18-24-22-12-28-18/h1-8,12,17,19,23H,9-11H2. The number of nitrogens with one attached hydrogen (secondary N) is 1. The lowest BCUT2D eigenvalue weighted by Gasteiger charge is -2.44. The fourth-order valence-corrected chi connectivity index (χ4v) is 5.49. The molecule has 2 aromatic carbocycles. The van der Waals surface area contributed by atoms with Crippen molar-refractivity contribution >= 4 is 44.6 Å². The lowest BCUT2D eigenvalue weighted by molar-refractivity contribution is 0.143. The molecule has 4 rings (SSSR count). The van der Waals surface area contributed by atoms with Gasteiger partial charge < -0.3 is 0 Å². The SMILES string of the molecule is O=S(=O)(NCc1nncs1)C1CN(C(c2ccc(Cl)cc2)c2ccc(Cl)cc2)C1. The Bertz CT molecular complexity index is 1010. The predicted molar refractivity (Wildman–Crippen MR) is 116 cm³/mol. The van der Waals surface area contributed by atoms with Crippen LogP contribution in [0.4, 0.5) is 0 Å². The highest BCUT2D eigenvalue weighted by Crippen LogP contribution is 2.35. The van der Waals surface area contributed by atoms with Gasteiger partial charge >= 0.3 is 0 Å². The van der Waals surface area contributed by atoms with Gasteiger partial charge in [0, 0.05) is 23.1 Å². The van der Waals surface area contributed by atoms with E-state index < -0.39 is 15.3 Å². The first-order valence-electron chi connectivity index (χ1n) is 8.91. The maximum absolute atomic E-state index is 12.6. The van der Waals surface area contributed by atoms with Crippen LogP contribution < -0.4 is 4.72 Å². The summed E-state index contributed by atoms with van der Waals surface area (Å²) < 4.78 is 27.9. The van der Waals surface area contributed by atoms with E-state index in [4.69, 9.17) is 23.2 Å². The fraction of sp³-hybridized carbons (Fsp3) is 0.263. The first-order chi connectivity index (χ1) is 13.9. The number of halogens is 2. The van der Waals surface area contributed by atoms with E-state index in [0.29, 0.717) is 28.1 Å². The second-order valence-corrected chi connectivity index (χ2v) is 10.6. The smallest absolute Gasteiger partial charge is 0.217 e. The highest BCUT2D eigenvalue weighted by molar-refractivity contribution is 7.90. The minimum atomic E-state index is -3.44. The summed E-state index contributed by atoms with van der Waals surface area (Å²) >= 11 is 13.4. The van der Waals surface area contributed by atoms with Gasteiger partial charge in [-0.2, -0.15) is 0 Å². The molecule has 10 heteroatoms. The van der Waals surface area contributed by atoms with E-state index in [2.05, 4.69) is 19.8 Å². The molecule has 152 valence electrons. The zero-order valence-corrected chi connectivity index (χ0v) is 18.3. The van der Waals surface area contributed by atoms with Crippen molar-refractivity contribution in [3.05, 3.63) is 80.2 Å². The van der Waals surface area contributed by atoms with Crippen LogP contribution >= 0.6 is 34.5 Å². The summed E-state index contributed by atoms with van der Waals surface area (Å²) in [6.07, 6.45) is 0. The molecule has 1 N–H and O–H groups in total. The van der Waals surface area contributed by atoms with Gasteiger partial charge in [0.1, 0.15) is 15.8 Å². The van der Waals surface area contributed by atoms with Crippen LogP contribution in [0, 0.1) is 0 Å². The average molecular weight is 469 g/mol. The van der Waals surface area contributed by atoms with E-state index in [-0.39, 0.29) is 12.6 Å². The summed E-state index contributed by atoms with van der Waals surface area (Å²) in [6, 6.07) is 15.2.